The number of pyridine rings is 1. The summed E-state index contributed by atoms with van der Waals surface area (Å²) in [5.41, 5.74) is -0.909. The van der Waals surface area contributed by atoms with E-state index in [-0.39, 0.29) is 22.8 Å². The molecule has 1 N–H and O–H groups in total. The van der Waals surface area contributed by atoms with Crippen LogP contribution >= 0.6 is 11.3 Å². The standard InChI is InChI=1S/C22H28F3N3O3S/c1-5-31-15-6-7-17(22(23,24)25)27-19(15)16-9-26-18(32-16)12-28-10-13(20(29)30)8-14(11-28)21(2,3)4/h6-7,9,13-14H,5,8,10-12H2,1-4H3,(H,29,30)/t13-,14-/m1/s1. The van der Waals surface area contributed by atoms with Gasteiger partial charge in [0.15, 0.2) is 0 Å². The molecule has 6 nitrogen and oxygen atoms in total. The summed E-state index contributed by atoms with van der Waals surface area (Å²) in [6.45, 7) is 9.97. The summed E-state index contributed by atoms with van der Waals surface area (Å²) in [4.78, 5) is 22.4. The van der Waals surface area contributed by atoms with E-state index in [1.165, 1.54) is 23.6 Å². The molecule has 0 bridgehead atoms. The van der Waals surface area contributed by atoms with Crippen molar-refractivity contribution >= 4 is 17.3 Å². The van der Waals surface area contributed by atoms with Crippen LogP contribution in [0.15, 0.2) is 18.3 Å². The lowest BCUT2D eigenvalue weighted by atomic mass is 9.73. The fraction of sp³-hybridized carbons (Fsp3) is 0.591. The zero-order chi connectivity index (χ0) is 23.7. The number of carboxylic acids is 1. The summed E-state index contributed by atoms with van der Waals surface area (Å²) >= 11 is 1.25. The van der Waals surface area contributed by atoms with Crippen LogP contribution in [0.5, 0.6) is 5.75 Å². The number of ether oxygens (including phenoxy) is 1. The maximum atomic E-state index is 13.2. The van der Waals surface area contributed by atoms with Gasteiger partial charge in [0, 0.05) is 19.3 Å². The molecular formula is C22H28F3N3O3S. The summed E-state index contributed by atoms with van der Waals surface area (Å²) in [7, 11) is 0. The number of piperidine rings is 1. The number of hydrogen-bond donors (Lipinski definition) is 1. The molecule has 1 fully saturated rings. The SMILES string of the molecule is CCOc1ccc(C(F)(F)F)nc1-c1cnc(CN2C[C@H](C(=O)O)C[C@@H](C(C)(C)C)C2)s1. The number of halogens is 3. The monoisotopic (exact) mass is 471 g/mol. The Labute approximate surface area is 189 Å². The molecule has 1 aliphatic rings. The normalized spacial score (nSPS) is 20.3. The first kappa shape index (κ1) is 24.4. The van der Waals surface area contributed by atoms with Crippen LogP contribution in [0.2, 0.25) is 0 Å². The first-order valence-corrected chi connectivity index (χ1v) is 11.3. The molecule has 2 atom stereocenters. The minimum Gasteiger partial charge on any atom is -0.492 e. The van der Waals surface area contributed by atoms with E-state index in [2.05, 4.69) is 35.6 Å². The summed E-state index contributed by atoms with van der Waals surface area (Å²) in [5.74, 6) is -0.778. The fourth-order valence-electron chi connectivity index (χ4n) is 3.86. The molecule has 0 aliphatic carbocycles. The first-order valence-electron chi connectivity index (χ1n) is 10.5. The molecule has 0 amide bonds. The molecule has 32 heavy (non-hydrogen) atoms. The van der Waals surface area contributed by atoms with Gasteiger partial charge >= 0.3 is 12.1 Å². The van der Waals surface area contributed by atoms with Crippen molar-refractivity contribution in [2.75, 3.05) is 19.7 Å². The lowest BCUT2D eigenvalue weighted by Crippen LogP contribution is -2.46. The van der Waals surface area contributed by atoms with Gasteiger partial charge in [-0.2, -0.15) is 13.2 Å². The predicted molar refractivity (Wildman–Crippen MR) is 115 cm³/mol. The van der Waals surface area contributed by atoms with E-state index in [1.54, 1.807) is 6.92 Å². The zero-order valence-electron chi connectivity index (χ0n) is 18.6. The number of carbonyl (C=O) groups is 1. The summed E-state index contributed by atoms with van der Waals surface area (Å²) in [5, 5.41) is 10.3. The Morgan fingerprint density at radius 2 is 2.00 bits per heavy atom. The van der Waals surface area contributed by atoms with E-state index < -0.39 is 23.8 Å². The van der Waals surface area contributed by atoms with Gasteiger partial charge in [0.05, 0.1) is 23.9 Å². The highest BCUT2D eigenvalue weighted by molar-refractivity contribution is 7.15. The lowest BCUT2D eigenvalue weighted by molar-refractivity contribution is -0.145. The number of alkyl halides is 3. The van der Waals surface area contributed by atoms with Crippen LogP contribution in [0.4, 0.5) is 13.2 Å². The van der Waals surface area contributed by atoms with Crippen LogP contribution in [0.25, 0.3) is 10.6 Å². The van der Waals surface area contributed by atoms with Crippen LogP contribution in [0.3, 0.4) is 0 Å². The van der Waals surface area contributed by atoms with Gasteiger partial charge in [0.25, 0.3) is 0 Å². The lowest BCUT2D eigenvalue weighted by Gasteiger charge is -2.42. The molecule has 2 aromatic heterocycles. The maximum absolute atomic E-state index is 13.2. The maximum Gasteiger partial charge on any atom is 0.433 e. The second-order valence-corrected chi connectivity index (χ2v) is 10.2. The quantitative estimate of drug-likeness (QED) is 0.625. The number of aliphatic carboxylic acids is 1. The van der Waals surface area contributed by atoms with Crippen molar-refractivity contribution in [1.29, 1.82) is 0 Å². The van der Waals surface area contributed by atoms with Crippen molar-refractivity contribution in [3.8, 4) is 16.3 Å². The van der Waals surface area contributed by atoms with Crippen molar-refractivity contribution in [2.45, 2.75) is 46.8 Å². The number of carboxylic acid groups (broad SMARTS) is 1. The third-order valence-corrected chi connectivity index (χ3v) is 6.68. The van der Waals surface area contributed by atoms with E-state index in [0.717, 1.165) is 12.6 Å². The van der Waals surface area contributed by atoms with Gasteiger partial charge in [-0.3, -0.25) is 9.69 Å². The molecule has 1 saturated heterocycles. The van der Waals surface area contributed by atoms with Gasteiger partial charge < -0.3 is 9.84 Å². The molecule has 3 heterocycles. The smallest absolute Gasteiger partial charge is 0.433 e. The summed E-state index contributed by atoms with van der Waals surface area (Å²) in [6, 6.07) is 2.19. The van der Waals surface area contributed by atoms with Crippen molar-refractivity contribution < 1.29 is 27.8 Å². The molecule has 0 radical (unpaired) electrons. The van der Waals surface area contributed by atoms with E-state index in [9.17, 15) is 23.1 Å². The molecule has 10 heteroatoms. The highest BCUT2D eigenvalue weighted by Gasteiger charge is 2.37. The summed E-state index contributed by atoms with van der Waals surface area (Å²) in [6.07, 6.45) is -2.43. The second-order valence-electron chi connectivity index (χ2n) is 9.12. The van der Waals surface area contributed by atoms with E-state index in [1.807, 2.05) is 0 Å². The molecule has 3 rings (SSSR count). The van der Waals surface area contributed by atoms with Gasteiger partial charge in [0.1, 0.15) is 22.1 Å². The molecule has 0 aromatic carbocycles. The van der Waals surface area contributed by atoms with Crippen LogP contribution in [-0.4, -0.2) is 45.6 Å². The molecule has 1 aliphatic heterocycles. The van der Waals surface area contributed by atoms with Crippen molar-refractivity contribution in [2.24, 2.45) is 17.3 Å². The van der Waals surface area contributed by atoms with E-state index in [0.29, 0.717) is 36.0 Å². The third-order valence-electron chi connectivity index (χ3n) is 5.69. The van der Waals surface area contributed by atoms with Crippen LogP contribution < -0.4 is 4.74 Å². The van der Waals surface area contributed by atoms with Gasteiger partial charge in [-0.1, -0.05) is 20.8 Å². The van der Waals surface area contributed by atoms with Crippen molar-refractivity contribution in [3.05, 3.63) is 29.0 Å². The largest absolute Gasteiger partial charge is 0.492 e. The number of aromatic nitrogens is 2. The highest BCUT2D eigenvalue weighted by atomic mass is 32.1. The average molecular weight is 472 g/mol. The summed E-state index contributed by atoms with van der Waals surface area (Å²) < 4.78 is 45.0. The van der Waals surface area contributed by atoms with Crippen LogP contribution in [0, 0.1) is 17.3 Å². The number of nitrogens with zero attached hydrogens (tertiary/aromatic N) is 3. The van der Waals surface area contributed by atoms with Crippen LogP contribution in [0.1, 0.15) is 44.8 Å². The zero-order valence-corrected chi connectivity index (χ0v) is 19.4. The Hall–Kier alpha value is -2.20. The number of hydrogen-bond acceptors (Lipinski definition) is 6. The minimum absolute atomic E-state index is 0.0330. The Balaban J connectivity index is 1.85. The van der Waals surface area contributed by atoms with Crippen molar-refractivity contribution in [1.82, 2.24) is 14.9 Å². The third kappa shape index (κ3) is 5.78. The number of likely N-dealkylation sites (tertiary alicyclic amines) is 1. The van der Waals surface area contributed by atoms with Gasteiger partial charge in [-0.05, 0) is 36.8 Å². The van der Waals surface area contributed by atoms with Crippen LogP contribution in [-0.2, 0) is 17.5 Å². The average Bonchev–Trinajstić information content (AvgIpc) is 3.15. The number of rotatable bonds is 6. The highest BCUT2D eigenvalue weighted by Crippen LogP contribution is 2.39. The Kier molecular flexibility index (Phi) is 7.14. The molecule has 0 spiro atoms. The van der Waals surface area contributed by atoms with Gasteiger partial charge in [-0.25, -0.2) is 9.97 Å². The first-order chi connectivity index (χ1) is 14.9. The minimum atomic E-state index is -4.56. The van der Waals surface area contributed by atoms with Gasteiger partial charge in [-0.15, -0.1) is 11.3 Å². The topological polar surface area (TPSA) is 75.6 Å². The Morgan fingerprint density at radius 1 is 1.28 bits per heavy atom. The second kappa shape index (κ2) is 9.35. The molecular weight excluding hydrogens is 443 g/mol. The molecule has 0 unspecified atom stereocenters. The Bertz CT molecular complexity index is 956. The molecule has 2 aromatic rings. The fourth-order valence-corrected chi connectivity index (χ4v) is 4.82. The van der Waals surface area contributed by atoms with E-state index >= 15 is 0 Å². The predicted octanol–water partition coefficient (Wildman–Crippen LogP) is 5.19. The molecule has 0 saturated carbocycles. The molecule has 176 valence electrons. The Morgan fingerprint density at radius 3 is 2.59 bits per heavy atom. The number of thiazole rings is 1. The van der Waals surface area contributed by atoms with Gasteiger partial charge in [0.2, 0.25) is 0 Å². The van der Waals surface area contributed by atoms with E-state index in [4.69, 9.17) is 4.74 Å². The van der Waals surface area contributed by atoms with Crippen molar-refractivity contribution in [3.63, 3.8) is 0 Å².